The van der Waals surface area contributed by atoms with Crippen molar-refractivity contribution in [2.45, 2.75) is 32.8 Å². The first-order valence-corrected chi connectivity index (χ1v) is 9.96. The van der Waals surface area contributed by atoms with E-state index in [0.29, 0.717) is 11.4 Å². The van der Waals surface area contributed by atoms with Gasteiger partial charge in [-0.15, -0.1) is 0 Å². The molecular weight excluding hydrogens is 384 g/mol. The van der Waals surface area contributed by atoms with E-state index in [0.717, 1.165) is 12.1 Å². The number of rotatable bonds is 7. The van der Waals surface area contributed by atoms with Gasteiger partial charge in [-0.3, -0.25) is 14.4 Å². The van der Waals surface area contributed by atoms with Gasteiger partial charge in [0, 0.05) is 24.3 Å². The molecule has 2 aromatic carbocycles. The molecule has 3 rings (SSSR count). The predicted molar refractivity (Wildman–Crippen MR) is 113 cm³/mol. The summed E-state index contributed by atoms with van der Waals surface area (Å²) in [5.41, 5.74) is 2.51. The average Bonchev–Trinajstić information content (AvgIpc) is 3.16. The minimum absolute atomic E-state index is 0.0706. The van der Waals surface area contributed by atoms with Gasteiger partial charge in [-0.05, 0) is 55.3 Å². The second-order valence-electron chi connectivity index (χ2n) is 7.22. The molecule has 0 unspecified atom stereocenters. The molecule has 1 N–H and O–H groups in total. The Hall–Kier alpha value is -3.35. The van der Waals surface area contributed by atoms with Crippen molar-refractivity contribution in [3.05, 3.63) is 54.1 Å². The third kappa shape index (κ3) is 4.97. The first-order valence-electron chi connectivity index (χ1n) is 9.96. The molecule has 2 aromatic rings. The Morgan fingerprint density at radius 3 is 2.40 bits per heavy atom. The minimum Gasteiger partial charge on any atom is -0.497 e. The molecule has 0 aromatic heterocycles. The Bertz CT molecular complexity index is 908. The lowest BCUT2D eigenvalue weighted by Gasteiger charge is -2.18. The van der Waals surface area contributed by atoms with Crippen LogP contribution in [0.4, 0.5) is 11.4 Å². The van der Waals surface area contributed by atoms with E-state index in [-0.39, 0.29) is 18.9 Å². The normalized spacial score (nSPS) is 16.8. The molecule has 1 aliphatic rings. The number of hydrogen-bond acceptors (Lipinski definition) is 5. The molecule has 1 heterocycles. The van der Waals surface area contributed by atoms with E-state index in [1.807, 2.05) is 24.3 Å². The molecule has 7 nitrogen and oxygen atoms in total. The smallest absolute Gasteiger partial charge is 0.312 e. The van der Waals surface area contributed by atoms with Crippen LogP contribution in [0.15, 0.2) is 48.5 Å². The Kier molecular flexibility index (Phi) is 6.72. The van der Waals surface area contributed by atoms with Gasteiger partial charge in [0.05, 0.1) is 13.0 Å². The van der Waals surface area contributed by atoms with Crippen molar-refractivity contribution in [1.82, 2.24) is 0 Å². The zero-order valence-electron chi connectivity index (χ0n) is 17.4. The highest BCUT2D eigenvalue weighted by Crippen LogP contribution is 2.26. The number of amides is 2. The molecule has 0 bridgehead atoms. The maximum Gasteiger partial charge on any atom is 0.312 e. The van der Waals surface area contributed by atoms with Crippen LogP contribution in [-0.2, 0) is 25.5 Å². The lowest BCUT2D eigenvalue weighted by atomic mass is 10.1. The van der Waals surface area contributed by atoms with Crippen molar-refractivity contribution in [1.29, 1.82) is 0 Å². The zero-order valence-corrected chi connectivity index (χ0v) is 17.4. The second-order valence-corrected chi connectivity index (χ2v) is 7.22. The number of carbonyl (C=O) groups is 3. The summed E-state index contributed by atoms with van der Waals surface area (Å²) in [6.45, 7) is 3.82. The topological polar surface area (TPSA) is 84.9 Å². The van der Waals surface area contributed by atoms with Crippen molar-refractivity contribution in [3.8, 4) is 5.75 Å². The van der Waals surface area contributed by atoms with E-state index in [2.05, 4.69) is 12.2 Å². The average molecular weight is 410 g/mol. The van der Waals surface area contributed by atoms with Crippen molar-refractivity contribution in [3.63, 3.8) is 0 Å². The fourth-order valence-corrected chi connectivity index (χ4v) is 3.27. The van der Waals surface area contributed by atoms with E-state index >= 15 is 0 Å². The lowest BCUT2D eigenvalue weighted by Crippen LogP contribution is -2.33. The maximum absolute atomic E-state index is 12.5. The summed E-state index contributed by atoms with van der Waals surface area (Å²) in [7, 11) is 1.56. The van der Waals surface area contributed by atoms with Crippen LogP contribution in [-0.4, -0.2) is 37.5 Å². The van der Waals surface area contributed by atoms with E-state index in [4.69, 9.17) is 9.47 Å². The third-order valence-corrected chi connectivity index (χ3v) is 5.13. The third-order valence-electron chi connectivity index (χ3n) is 5.13. The highest BCUT2D eigenvalue weighted by atomic mass is 16.5. The summed E-state index contributed by atoms with van der Waals surface area (Å²) in [5.74, 6) is -1.04. The first-order chi connectivity index (χ1) is 14.4. The van der Waals surface area contributed by atoms with Crippen molar-refractivity contribution < 1.29 is 23.9 Å². The van der Waals surface area contributed by atoms with Crippen molar-refractivity contribution >= 4 is 29.2 Å². The monoisotopic (exact) mass is 410 g/mol. The number of benzene rings is 2. The van der Waals surface area contributed by atoms with Crippen LogP contribution < -0.4 is 15.0 Å². The number of hydrogen-bond donors (Lipinski definition) is 1. The lowest BCUT2D eigenvalue weighted by molar-refractivity contribution is -0.157. The molecule has 30 heavy (non-hydrogen) atoms. The van der Waals surface area contributed by atoms with Crippen LogP contribution in [0.3, 0.4) is 0 Å². The highest BCUT2D eigenvalue weighted by molar-refractivity contribution is 6.00. The molecule has 0 spiro atoms. The van der Waals surface area contributed by atoms with Crippen LogP contribution in [0, 0.1) is 5.92 Å². The number of anilines is 2. The Balaban J connectivity index is 1.55. The van der Waals surface area contributed by atoms with Crippen LogP contribution in [0.5, 0.6) is 5.75 Å². The number of nitrogens with zero attached hydrogens (tertiary/aromatic N) is 1. The number of methoxy groups -OCH3 is 1. The van der Waals surface area contributed by atoms with Crippen molar-refractivity contribution in [2.75, 3.05) is 23.9 Å². The summed E-state index contributed by atoms with van der Waals surface area (Å²) >= 11 is 0. The number of nitrogens with one attached hydrogen (secondary N) is 1. The van der Waals surface area contributed by atoms with Gasteiger partial charge in [-0.1, -0.05) is 19.1 Å². The SMILES string of the molecule is CCc1ccc(N2C[C@H](C(=O)O[C@@H](C)C(=O)Nc3ccc(OC)cc3)CC2=O)cc1. The van der Waals surface area contributed by atoms with E-state index in [1.165, 1.54) is 12.5 Å². The summed E-state index contributed by atoms with van der Waals surface area (Å²) < 4.78 is 10.4. The van der Waals surface area contributed by atoms with E-state index in [1.54, 1.807) is 36.3 Å². The van der Waals surface area contributed by atoms with Crippen LogP contribution in [0.1, 0.15) is 25.8 Å². The second kappa shape index (κ2) is 9.43. The predicted octanol–water partition coefficient (Wildman–Crippen LogP) is 3.18. The van der Waals surface area contributed by atoms with Gasteiger partial charge in [0.25, 0.3) is 5.91 Å². The van der Waals surface area contributed by atoms with Gasteiger partial charge >= 0.3 is 5.97 Å². The van der Waals surface area contributed by atoms with Gasteiger partial charge in [-0.25, -0.2) is 0 Å². The Morgan fingerprint density at radius 2 is 1.80 bits per heavy atom. The van der Waals surface area contributed by atoms with E-state index in [9.17, 15) is 14.4 Å². The fraction of sp³-hybridized carbons (Fsp3) is 0.348. The zero-order chi connectivity index (χ0) is 21.7. The van der Waals surface area contributed by atoms with Crippen LogP contribution in [0.2, 0.25) is 0 Å². The summed E-state index contributed by atoms with van der Waals surface area (Å²) in [4.78, 5) is 38.8. The molecular formula is C23H26N2O5. The highest BCUT2D eigenvalue weighted by Gasteiger charge is 2.37. The summed E-state index contributed by atoms with van der Waals surface area (Å²) in [6, 6.07) is 14.5. The molecule has 2 atom stereocenters. The number of aryl methyl sites for hydroxylation is 1. The molecule has 1 saturated heterocycles. The summed E-state index contributed by atoms with van der Waals surface area (Å²) in [6.07, 6.45) is 0.00786. The summed E-state index contributed by atoms with van der Waals surface area (Å²) in [5, 5.41) is 2.69. The number of esters is 1. The van der Waals surface area contributed by atoms with E-state index < -0.39 is 23.9 Å². The first kappa shape index (κ1) is 21.4. The molecule has 0 radical (unpaired) electrons. The largest absolute Gasteiger partial charge is 0.497 e. The molecule has 158 valence electrons. The number of ether oxygens (including phenoxy) is 2. The van der Waals surface area contributed by atoms with Crippen LogP contribution >= 0.6 is 0 Å². The molecule has 1 fully saturated rings. The van der Waals surface area contributed by atoms with Gasteiger partial charge < -0.3 is 19.7 Å². The molecule has 0 saturated carbocycles. The quantitative estimate of drug-likeness (QED) is 0.709. The molecule has 7 heteroatoms. The molecule has 2 amide bonds. The Morgan fingerprint density at radius 1 is 1.13 bits per heavy atom. The van der Waals surface area contributed by atoms with Gasteiger partial charge in [0.15, 0.2) is 6.10 Å². The standard InChI is InChI=1S/C23H26N2O5/c1-4-16-5-9-19(10-6-16)25-14-17(13-21(25)26)23(28)30-15(2)22(27)24-18-7-11-20(29-3)12-8-18/h5-12,15,17H,4,13-14H2,1-3H3,(H,24,27)/t15-,17+/m0/s1. The number of carbonyl (C=O) groups excluding carboxylic acids is 3. The van der Waals surface area contributed by atoms with Crippen molar-refractivity contribution in [2.24, 2.45) is 5.92 Å². The van der Waals surface area contributed by atoms with Gasteiger partial charge in [0.1, 0.15) is 5.75 Å². The van der Waals surface area contributed by atoms with Gasteiger partial charge in [0.2, 0.25) is 5.91 Å². The van der Waals surface area contributed by atoms with Crippen LogP contribution in [0.25, 0.3) is 0 Å². The molecule has 1 aliphatic heterocycles. The fourth-order valence-electron chi connectivity index (χ4n) is 3.27. The maximum atomic E-state index is 12.5. The Labute approximate surface area is 176 Å². The minimum atomic E-state index is -0.979. The van der Waals surface area contributed by atoms with Gasteiger partial charge in [-0.2, -0.15) is 0 Å². The molecule has 0 aliphatic carbocycles.